The highest BCUT2D eigenvalue weighted by Gasteiger charge is 2.24. The van der Waals surface area contributed by atoms with Crippen LogP contribution in [0.3, 0.4) is 0 Å². The minimum atomic E-state index is -0.460. The number of halogens is 1. The van der Waals surface area contributed by atoms with E-state index in [1.165, 1.54) is 0 Å². The number of carbonyl (C=O) groups is 1. The van der Waals surface area contributed by atoms with Gasteiger partial charge in [-0.25, -0.2) is 9.79 Å². The zero-order valence-electron chi connectivity index (χ0n) is 12.6. The Balaban J connectivity index is 1.78. The normalized spacial score (nSPS) is 15.6. The third-order valence-electron chi connectivity index (χ3n) is 3.81. The number of nitrogens with zero attached hydrogens (tertiary/aromatic N) is 1. The maximum Gasteiger partial charge on any atom is 0.363 e. The summed E-state index contributed by atoms with van der Waals surface area (Å²) in [5.74, 6) is -0.188. The lowest BCUT2D eigenvalue weighted by Gasteiger charge is -2.01. The van der Waals surface area contributed by atoms with Gasteiger partial charge < -0.3 is 4.74 Å². The maximum absolute atomic E-state index is 12.1. The van der Waals surface area contributed by atoms with E-state index in [1.807, 2.05) is 42.5 Å². The summed E-state index contributed by atoms with van der Waals surface area (Å²) in [5.41, 5.74) is 1.88. The Labute approximate surface area is 143 Å². The fraction of sp³-hybridized carbons (Fsp3) is 0. The van der Waals surface area contributed by atoms with Gasteiger partial charge in [0.15, 0.2) is 5.70 Å². The number of aliphatic imine (C=N–C) groups is 1. The first-order valence-electron chi connectivity index (χ1n) is 7.47. The van der Waals surface area contributed by atoms with E-state index in [2.05, 4.69) is 4.99 Å². The molecule has 0 saturated heterocycles. The van der Waals surface area contributed by atoms with Gasteiger partial charge in [0, 0.05) is 10.6 Å². The van der Waals surface area contributed by atoms with Crippen LogP contribution in [-0.4, -0.2) is 11.9 Å². The lowest BCUT2D eigenvalue weighted by Crippen LogP contribution is -2.05. The maximum atomic E-state index is 12.1. The molecule has 1 heterocycles. The highest BCUT2D eigenvalue weighted by Crippen LogP contribution is 2.24. The van der Waals surface area contributed by atoms with E-state index >= 15 is 0 Å². The highest BCUT2D eigenvalue weighted by atomic mass is 35.5. The van der Waals surface area contributed by atoms with Gasteiger partial charge in [-0.1, -0.05) is 60.1 Å². The summed E-state index contributed by atoms with van der Waals surface area (Å²) in [6.07, 6.45) is 1.75. The van der Waals surface area contributed by atoms with Gasteiger partial charge in [-0.05, 0) is 40.6 Å². The van der Waals surface area contributed by atoms with E-state index in [0.29, 0.717) is 10.6 Å². The van der Waals surface area contributed by atoms with Gasteiger partial charge in [0.25, 0.3) is 0 Å². The number of fused-ring (bicyclic) bond motifs is 1. The van der Waals surface area contributed by atoms with Crippen LogP contribution in [0.1, 0.15) is 11.1 Å². The molecule has 0 bridgehead atoms. The zero-order valence-corrected chi connectivity index (χ0v) is 13.3. The Morgan fingerprint density at radius 1 is 0.958 bits per heavy atom. The van der Waals surface area contributed by atoms with Gasteiger partial charge in [-0.15, -0.1) is 0 Å². The van der Waals surface area contributed by atoms with Gasteiger partial charge in [-0.2, -0.15) is 0 Å². The van der Waals surface area contributed by atoms with Crippen LogP contribution < -0.4 is 0 Å². The number of rotatable bonds is 2. The Kier molecular flexibility index (Phi) is 3.63. The molecule has 0 unspecified atom stereocenters. The first-order valence-corrected chi connectivity index (χ1v) is 7.85. The predicted molar refractivity (Wildman–Crippen MR) is 96.0 cm³/mol. The van der Waals surface area contributed by atoms with Gasteiger partial charge >= 0.3 is 5.97 Å². The predicted octanol–water partition coefficient (Wildman–Crippen LogP) is 4.84. The van der Waals surface area contributed by atoms with Crippen LogP contribution in [0.2, 0.25) is 5.02 Å². The van der Waals surface area contributed by atoms with Crippen molar-refractivity contribution < 1.29 is 9.53 Å². The molecule has 3 aromatic carbocycles. The molecular weight excluding hydrogens is 322 g/mol. The van der Waals surface area contributed by atoms with E-state index in [4.69, 9.17) is 16.3 Å². The van der Waals surface area contributed by atoms with Crippen LogP contribution >= 0.6 is 11.6 Å². The second-order valence-electron chi connectivity index (χ2n) is 5.41. The fourth-order valence-corrected chi connectivity index (χ4v) is 2.87. The lowest BCUT2D eigenvalue weighted by atomic mass is 10.0. The molecule has 24 heavy (non-hydrogen) atoms. The number of hydrogen-bond acceptors (Lipinski definition) is 3. The molecule has 1 aliphatic heterocycles. The molecule has 0 atom stereocenters. The molecule has 4 heteroatoms. The monoisotopic (exact) mass is 333 g/mol. The molecule has 3 nitrogen and oxygen atoms in total. The molecule has 3 aromatic rings. The number of benzene rings is 3. The summed E-state index contributed by atoms with van der Waals surface area (Å²) >= 11 is 5.98. The fourth-order valence-electron chi connectivity index (χ4n) is 2.68. The minimum absolute atomic E-state index is 0.272. The number of esters is 1. The van der Waals surface area contributed by atoms with Gasteiger partial charge in [-0.3, -0.25) is 0 Å². The summed E-state index contributed by atoms with van der Waals surface area (Å²) in [6.45, 7) is 0. The highest BCUT2D eigenvalue weighted by molar-refractivity contribution is 6.31. The molecule has 0 saturated carbocycles. The van der Waals surface area contributed by atoms with Gasteiger partial charge in [0.2, 0.25) is 5.90 Å². The average molecular weight is 334 g/mol. The summed E-state index contributed by atoms with van der Waals surface area (Å²) in [4.78, 5) is 16.5. The van der Waals surface area contributed by atoms with E-state index < -0.39 is 5.97 Å². The van der Waals surface area contributed by atoms with Crippen molar-refractivity contribution in [1.29, 1.82) is 0 Å². The van der Waals surface area contributed by atoms with Crippen LogP contribution in [0.5, 0.6) is 0 Å². The van der Waals surface area contributed by atoms with Crippen LogP contribution in [0, 0.1) is 0 Å². The molecule has 0 amide bonds. The van der Waals surface area contributed by atoms with Crippen molar-refractivity contribution in [3.8, 4) is 0 Å². The smallest absolute Gasteiger partial charge is 0.363 e. The van der Waals surface area contributed by atoms with E-state index in [0.717, 1.165) is 16.3 Å². The number of hydrogen-bond donors (Lipinski definition) is 0. The Morgan fingerprint density at radius 3 is 2.62 bits per heavy atom. The first-order chi connectivity index (χ1) is 11.7. The van der Waals surface area contributed by atoms with Crippen molar-refractivity contribution in [3.05, 3.63) is 88.6 Å². The van der Waals surface area contributed by atoms with Crippen LogP contribution in [0.15, 0.2) is 77.4 Å². The van der Waals surface area contributed by atoms with Gasteiger partial charge in [0.05, 0.1) is 0 Å². The molecule has 0 aliphatic carbocycles. The lowest BCUT2D eigenvalue weighted by molar-refractivity contribution is -0.129. The summed E-state index contributed by atoms with van der Waals surface area (Å²) in [7, 11) is 0. The number of ether oxygens (including phenoxy) is 1. The molecule has 0 aromatic heterocycles. The Hall–Kier alpha value is -2.91. The number of carbonyl (C=O) groups excluding carboxylic acids is 1. The van der Waals surface area contributed by atoms with Crippen molar-refractivity contribution >= 4 is 40.3 Å². The molecular formula is C20H12ClNO2. The molecule has 1 aliphatic rings. The van der Waals surface area contributed by atoms with Crippen LogP contribution in [0.4, 0.5) is 0 Å². The largest absolute Gasteiger partial charge is 0.402 e. The minimum Gasteiger partial charge on any atom is -0.402 e. The van der Waals surface area contributed by atoms with Crippen molar-refractivity contribution in [3.63, 3.8) is 0 Å². The molecule has 116 valence electrons. The third-order valence-corrected chi connectivity index (χ3v) is 4.04. The quantitative estimate of drug-likeness (QED) is 0.497. The standard InChI is InChI=1S/C20H12ClNO2/c21-16-9-4-8-15(11-16)19-22-18(20(23)24-19)12-14-7-3-6-13-5-1-2-10-17(13)14/h1-12H. The van der Waals surface area contributed by atoms with E-state index in [9.17, 15) is 4.79 Å². The topological polar surface area (TPSA) is 38.7 Å². The SMILES string of the molecule is O=C1OC(c2cccc(Cl)c2)=NC1=Cc1cccc2ccccc12. The number of cyclic esters (lactones) is 1. The molecule has 0 fully saturated rings. The summed E-state index contributed by atoms with van der Waals surface area (Å²) in [6, 6.07) is 21.0. The first kappa shape index (κ1) is 14.7. The molecule has 0 N–H and O–H groups in total. The van der Waals surface area contributed by atoms with E-state index in [1.54, 1.807) is 30.3 Å². The van der Waals surface area contributed by atoms with Crippen molar-refractivity contribution in [2.75, 3.05) is 0 Å². The Bertz CT molecular complexity index is 1020. The average Bonchev–Trinajstić information content (AvgIpc) is 2.96. The van der Waals surface area contributed by atoms with Crippen molar-refractivity contribution in [2.24, 2.45) is 4.99 Å². The molecule has 0 spiro atoms. The second kappa shape index (κ2) is 5.95. The van der Waals surface area contributed by atoms with Crippen LogP contribution in [0.25, 0.3) is 16.8 Å². The van der Waals surface area contributed by atoms with Gasteiger partial charge in [0.1, 0.15) is 0 Å². The molecule has 0 radical (unpaired) electrons. The van der Waals surface area contributed by atoms with Crippen LogP contribution in [-0.2, 0) is 9.53 Å². The summed E-state index contributed by atoms with van der Waals surface area (Å²) in [5, 5.41) is 2.74. The van der Waals surface area contributed by atoms with Crippen molar-refractivity contribution in [2.45, 2.75) is 0 Å². The van der Waals surface area contributed by atoms with Crippen molar-refractivity contribution in [1.82, 2.24) is 0 Å². The second-order valence-corrected chi connectivity index (χ2v) is 5.85. The Morgan fingerprint density at radius 2 is 1.75 bits per heavy atom. The summed E-state index contributed by atoms with van der Waals surface area (Å²) < 4.78 is 5.28. The van der Waals surface area contributed by atoms with E-state index in [-0.39, 0.29) is 11.6 Å². The third kappa shape index (κ3) is 2.70. The zero-order chi connectivity index (χ0) is 16.5. The molecule has 4 rings (SSSR count).